The van der Waals surface area contributed by atoms with Crippen LogP contribution < -0.4 is 0 Å². The van der Waals surface area contributed by atoms with Crippen LogP contribution in [0.4, 0.5) is 0 Å². The maximum atomic E-state index is 4.54. The molecule has 1 aromatic heterocycles. The zero-order chi connectivity index (χ0) is 22.7. The van der Waals surface area contributed by atoms with Gasteiger partial charge in [-0.15, -0.1) is 0 Å². The molecule has 6 aromatic rings. The molecule has 0 saturated heterocycles. The van der Waals surface area contributed by atoms with E-state index in [0.29, 0.717) is 0 Å². The Morgan fingerprint density at radius 3 is 1.62 bits per heavy atom. The molecule has 0 amide bonds. The van der Waals surface area contributed by atoms with Gasteiger partial charge in [0.2, 0.25) is 0 Å². The fourth-order valence-corrected chi connectivity index (χ4v) is 4.43. The van der Waals surface area contributed by atoms with Gasteiger partial charge < -0.3 is 0 Å². The van der Waals surface area contributed by atoms with Crippen LogP contribution in [0.15, 0.2) is 134 Å². The molecular weight excluding hydrogens is 412 g/mol. The van der Waals surface area contributed by atoms with Gasteiger partial charge in [-0.3, -0.25) is 0 Å². The zero-order valence-corrected chi connectivity index (χ0v) is 18.6. The molecule has 0 unspecified atom stereocenters. The Morgan fingerprint density at radius 1 is 0.382 bits per heavy atom. The van der Waals surface area contributed by atoms with Crippen molar-refractivity contribution in [2.45, 2.75) is 0 Å². The minimum absolute atomic E-state index is 0.918. The summed E-state index contributed by atoms with van der Waals surface area (Å²) in [6.07, 6.45) is 1.65. The normalized spacial score (nSPS) is 10.9. The molecule has 0 N–H and O–H groups in total. The van der Waals surface area contributed by atoms with Crippen LogP contribution >= 0.6 is 0 Å². The highest BCUT2D eigenvalue weighted by Crippen LogP contribution is 2.31. The number of fused-ring (bicyclic) bond motifs is 1. The zero-order valence-electron chi connectivity index (χ0n) is 18.6. The summed E-state index contributed by atoms with van der Waals surface area (Å²) >= 11 is 0. The van der Waals surface area contributed by atoms with Crippen molar-refractivity contribution in [1.29, 1.82) is 0 Å². The topological polar surface area (TPSA) is 25.8 Å². The van der Waals surface area contributed by atoms with Gasteiger partial charge in [-0.05, 0) is 39.1 Å². The molecule has 34 heavy (non-hydrogen) atoms. The molecule has 160 valence electrons. The maximum absolute atomic E-state index is 4.54. The van der Waals surface area contributed by atoms with Gasteiger partial charge in [0, 0.05) is 11.1 Å². The smallest absolute Gasteiger partial charge is 0.116 e. The van der Waals surface area contributed by atoms with Crippen LogP contribution in [0.2, 0.25) is 0 Å². The van der Waals surface area contributed by atoms with Crippen LogP contribution in [-0.4, -0.2) is 9.97 Å². The molecule has 2 heteroatoms. The van der Waals surface area contributed by atoms with E-state index in [-0.39, 0.29) is 0 Å². The molecule has 0 atom stereocenters. The number of benzene rings is 5. The first kappa shape index (κ1) is 20.1. The maximum Gasteiger partial charge on any atom is 0.116 e. The lowest BCUT2D eigenvalue weighted by Crippen LogP contribution is -1.90. The molecule has 0 radical (unpaired) electrons. The fourth-order valence-electron chi connectivity index (χ4n) is 4.43. The van der Waals surface area contributed by atoms with E-state index in [9.17, 15) is 0 Å². The summed E-state index contributed by atoms with van der Waals surface area (Å²) < 4.78 is 0. The number of hydrogen-bond acceptors (Lipinski definition) is 2. The predicted molar refractivity (Wildman–Crippen MR) is 141 cm³/mol. The Labute approximate surface area is 199 Å². The molecule has 1 heterocycles. The van der Waals surface area contributed by atoms with Gasteiger partial charge >= 0.3 is 0 Å². The monoisotopic (exact) mass is 434 g/mol. The molecule has 0 aliphatic heterocycles. The average Bonchev–Trinajstić information content (AvgIpc) is 2.93. The van der Waals surface area contributed by atoms with Gasteiger partial charge in [-0.25, -0.2) is 9.97 Å². The quantitative estimate of drug-likeness (QED) is 0.279. The van der Waals surface area contributed by atoms with Gasteiger partial charge in [0.15, 0.2) is 0 Å². The largest absolute Gasteiger partial charge is 0.236 e. The van der Waals surface area contributed by atoms with Crippen LogP contribution in [0.25, 0.3) is 55.5 Å². The second-order valence-electron chi connectivity index (χ2n) is 8.34. The summed E-state index contributed by atoms with van der Waals surface area (Å²) in [7, 11) is 0. The molecule has 0 fully saturated rings. The Bertz CT molecular complexity index is 1560. The highest BCUT2D eigenvalue weighted by atomic mass is 14.8. The Hall–Kier alpha value is -4.56. The van der Waals surface area contributed by atoms with E-state index in [1.807, 2.05) is 6.07 Å². The first-order valence-electron chi connectivity index (χ1n) is 11.4. The number of aromatic nitrogens is 2. The molecule has 0 aliphatic rings. The van der Waals surface area contributed by atoms with Crippen LogP contribution in [0.5, 0.6) is 0 Å². The average molecular weight is 435 g/mol. The van der Waals surface area contributed by atoms with Gasteiger partial charge in [0.25, 0.3) is 0 Å². The molecule has 0 spiro atoms. The fraction of sp³-hybridized carbons (Fsp3) is 0. The van der Waals surface area contributed by atoms with Gasteiger partial charge in [-0.2, -0.15) is 0 Å². The third kappa shape index (κ3) is 3.87. The SMILES string of the molecule is c1ccc(-c2ccc(-c3cc(-c4ccc(-c5cccc6ccccc56)cc4)ncn3)cc2)cc1. The first-order valence-corrected chi connectivity index (χ1v) is 11.4. The van der Waals surface area contributed by atoms with E-state index in [1.165, 1.54) is 33.0 Å². The summed E-state index contributed by atoms with van der Waals surface area (Å²) in [5.74, 6) is 0. The molecular formula is C32H22N2. The Morgan fingerprint density at radius 2 is 0.912 bits per heavy atom. The molecule has 6 rings (SSSR count). The van der Waals surface area contributed by atoms with Crippen LogP contribution in [0.3, 0.4) is 0 Å². The molecule has 0 saturated carbocycles. The number of hydrogen-bond donors (Lipinski definition) is 0. The lowest BCUT2D eigenvalue weighted by molar-refractivity contribution is 1.18. The summed E-state index contributed by atoms with van der Waals surface area (Å²) in [5.41, 5.74) is 8.85. The predicted octanol–water partition coefficient (Wildman–Crippen LogP) is 8.30. The van der Waals surface area contributed by atoms with Gasteiger partial charge in [0.05, 0.1) is 11.4 Å². The lowest BCUT2D eigenvalue weighted by atomic mass is 9.97. The minimum atomic E-state index is 0.918. The lowest BCUT2D eigenvalue weighted by Gasteiger charge is -2.09. The van der Waals surface area contributed by atoms with Crippen molar-refractivity contribution >= 4 is 10.8 Å². The molecule has 2 nitrogen and oxygen atoms in total. The Kier molecular flexibility index (Phi) is 5.17. The third-order valence-electron chi connectivity index (χ3n) is 6.24. The highest BCUT2D eigenvalue weighted by molar-refractivity contribution is 5.96. The second kappa shape index (κ2) is 8.76. The van der Waals surface area contributed by atoms with Crippen molar-refractivity contribution in [2.24, 2.45) is 0 Å². The van der Waals surface area contributed by atoms with Crippen molar-refractivity contribution < 1.29 is 0 Å². The van der Waals surface area contributed by atoms with E-state index in [0.717, 1.165) is 22.5 Å². The second-order valence-corrected chi connectivity index (χ2v) is 8.34. The summed E-state index contributed by atoms with van der Waals surface area (Å²) in [6.45, 7) is 0. The number of rotatable bonds is 4. The van der Waals surface area contributed by atoms with Crippen molar-refractivity contribution in [2.75, 3.05) is 0 Å². The van der Waals surface area contributed by atoms with Crippen LogP contribution in [-0.2, 0) is 0 Å². The summed E-state index contributed by atoms with van der Waals surface area (Å²) in [6, 6.07) is 44.6. The van der Waals surface area contributed by atoms with E-state index in [2.05, 4.69) is 131 Å². The molecule has 0 aliphatic carbocycles. The summed E-state index contributed by atoms with van der Waals surface area (Å²) in [5, 5.41) is 2.52. The molecule has 5 aromatic carbocycles. The van der Waals surface area contributed by atoms with E-state index < -0.39 is 0 Å². The van der Waals surface area contributed by atoms with Gasteiger partial charge in [0.1, 0.15) is 6.33 Å². The number of nitrogens with zero attached hydrogens (tertiary/aromatic N) is 2. The van der Waals surface area contributed by atoms with E-state index in [1.54, 1.807) is 6.33 Å². The van der Waals surface area contributed by atoms with Crippen molar-refractivity contribution in [3.05, 3.63) is 134 Å². The van der Waals surface area contributed by atoms with Crippen LogP contribution in [0.1, 0.15) is 0 Å². The van der Waals surface area contributed by atoms with Crippen LogP contribution in [0, 0.1) is 0 Å². The van der Waals surface area contributed by atoms with E-state index >= 15 is 0 Å². The molecule has 0 bridgehead atoms. The van der Waals surface area contributed by atoms with Crippen molar-refractivity contribution in [1.82, 2.24) is 9.97 Å². The highest BCUT2D eigenvalue weighted by Gasteiger charge is 2.07. The first-order chi connectivity index (χ1) is 16.8. The third-order valence-corrected chi connectivity index (χ3v) is 6.24. The van der Waals surface area contributed by atoms with Gasteiger partial charge in [-0.1, -0.05) is 121 Å². The summed E-state index contributed by atoms with van der Waals surface area (Å²) in [4.78, 5) is 9.07. The van der Waals surface area contributed by atoms with Crippen molar-refractivity contribution in [3.63, 3.8) is 0 Å². The standard InChI is InChI=1S/C32H22N2/c1-2-7-23(8-3-1)24-13-17-27(18-14-24)31-21-32(34-22-33-31)28-19-15-26(16-20-28)30-12-6-10-25-9-4-5-11-29(25)30/h1-22H. The van der Waals surface area contributed by atoms with E-state index in [4.69, 9.17) is 0 Å². The van der Waals surface area contributed by atoms with Crippen molar-refractivity contribution in [3.8, 4) is 44.8 Å². The minimum Gasteiger partial charge on any atom is -0.236 e. The Balaban J connectivity index is 1.30.